The highest BCUT2D eigenvalue weighted by atomic mass is 31.1. The lowest BCUT2D eigenvalue weighted by molar-refractivity contribution is -0.137. The second-order valence-corrected chi connectivity index (χ2v) is 10.5. The third-order valence-corrected chi connectivity index (χ3v) is 8.18. The van der Waals surface area contributed by atoms with E-state index in [4.69, 9.17) is 19.3 Å². The third-order valence-electron chi connectivity index (χ3n) is 4.18. The van der Waals surface area contributed by atoms with Crippen molar-refractivity contribution in [1.29, 1.82) is 0 Å². The van der Waals surface area contributed by atoms with Gasteiger partial charge in [0.1, 0.15) is 0 Å². The number of rotatable bonds is 15. The summed E-state index contributed by atoms with van der Waals surface area (Å²) < 4.78 is 12.0. The number of hydrogen-bond donors (Lipinski definition) is 2. The molecule has 2 N–H and O–H groups in total. The second kappa shape index (κ2) is 14.2. The fourth-order valence-electron chi connectivity index (χ4n) is 2.67. The molecule has 0 saturated carbocycles. The van der Waals surface area contributed by atoms with Crippen molar-refractivity contribution in [3.8, 4) is 0 Å². The van der Waals surface area contributed by atoms with Gasteiger partial charge in [-0.25, -0.2) is 0 Å². The normalized spacial score (nSPS) is 12.9. The van der Waals surface area contributed by atoms with Gasteiger partial charge in [0.05, 0.1) is 42.4 Å². The number of carbonyl (C=O) groups is 2. The molecule has 0 bridgehead atoms. The smallest absolute Gasteiger partial charge is 0.303 e. The average Bonchev–Trinajstić information content (AvgIpc) is 2.75. The van der Waals surface area contributed by atoms with Gasteiger partial charge in [0.15, 0.2) is 0 Å². The molecule has 0 aromatic heterocycles. The number of benzene rings is 2. The predicted molar refractivity (Wildman–Crippen MR) is 121 cm³/mol. The molecular formula is C22H28O6P2. The first-order valence-electron chi connectivity index (χ1n) is 9.91. The van der Waals surface area contributed by atoms with Crippen molar-refractivity contribution in [3.05, 3.63) is 60.7 Å². The van der Waals surface area contributed by atoms with E-state index < -0.39 is 28.2 Å². The molecule has 2 atom stereocenters. The van der Waals surface area contributed by atoms with Crippen LogP contribution in [0, 0.1) is 0 Å². The summed E-state index contributed by atoms with van der Waals surface area (Å²) in [4.78, 5) is 21.9. The first kappa shape index (κ1) is 24.4. The zero-order chi connectivity index (χ0) is 21.6. The molecule has 0 amide bonds. The Hall–Kier alpha value is -1.84. The highest BCUT2D eigenvalue weighted by Crippen LogP contribution is 2.38. The van der Waals surface area contributed by atoms with Gasteiger partial charge >= 0.3 is 11.9 Å². The molecule has 162 valence electrons. The summed E-state index contributed by atoms with van der Waals surface area (Å²) in [5, 5.41) is 20.1. The molecule has 6 nitrogen and oxygen atoms in total. The van der Waals surface area contributed by atoms with Crippen molar-refractivity contribution in [3.63, 3.8) is 0 Å². The highest BCUT2D eigenvalue weighted by molar-refractivity contribution is 7.61. The molecule has 8 heteroatoms. The van der Waals surface area contributed by atoms with Crippen molar-refractivity contribution < 1.29 is 28.8 Å². The van der Waals surface area contributed by atoms with Crippen molar-refractivity contribution in [2.75, 3.05) is 25.5 Å². The Kier molecular flexibility index (Phi) is 11.6. The Morgan fingerprint density at radius 3 is 1.37 bits per heavy atom. The maximum absolute atomic E-state index is 10.9. The van der Waals surface area contributed by atoms with E-state index in [1.807, 2.05) is 60.7 Å². The van der Waals surface area contributed by atoms with Crippen molar-refractivity contribution in [2.45, 2.75) is 25.7 Å². The maximum Gasteiger partial charge on any atom is 0.303 e. The Morgan fingerprint density at radius 2 is 1.03 bits per heavy atom. The number of hydrogen-bond acceptors (Lipinski definition) is 4. The topological polar surface area (TPSA) is 93.1 Å². The molecule has 0 aliphatic heterocycles. The van der Waals surface area contributed by atoms with E-state index >= 15 is 0 Å². The molecule has 0 spiro atoms. The molecule has 0 aliphatic rings. The zero-order valence-corrected chi connectivity index (χ0v) is 18.6. The molecule has 2 unspecified atom stereocenters. The van der Waals surface area contributed by atoms with Crippen LogP contribution in [0.2, 0.25) is 0 Å². The van der Waals surface area contributed by atoms with Crippen LogP contribution in [-0.4, -0.2) is 47.7 Å². The van der Waals surface area contributed by atoms with Gasteiger partial charge in [0.25, 0.3) is 0 Å². The Morgan fingerprint density at radius 1 is 0.667 bits per heavy atom. The molecule has 2 aromatic carbocycles. The van der Waals surface area contributed by atoms with E-state index in [0.29, 0.717) is 25.5 Å². The summed E-state index contributed by atoms with van der Waals surface area (Å²) in [7, 11) is -1.91. The molecule has 0 radical (unpaired) electrons. The molecular weight excluding hydrogens is 422 g/mol. The van der Waals surface area contributed by atoms with E-state index in [2.05, 4.69) is 0 Å². The summed E-state index contributed by atoms with van der Waals surface area (Å²) in [5.74, 6) is -1.63. The van der Waals surface area contributed by atoms with Gasteiger partial charge < -0.3 is 19.3 Å². The predicted octanol–water partition coefficient (Wildman–Crippen LogP) is 4.19. The number of carboxylic acid groups (broad SMARTS) is 2. The van der Waals surface area contributed by atoms with E-state index in [1.165, 1.54) is 0 Å². The fraction of sp³-hybridized carbons (Fsp3) is 0.364. The van der Waals surface area contributed by atoms with E-state index in [0.717, 1.165) is 23.5 Å². The number of unbranched alkanes of at least 4 members (excludes halogenated alkanes) is 1. The minimum Gasteiger partial charge on any atom is -0.481 e. The van der Waals surface area contributed by atoms with Crippen molar-refractivity contribution >= 4 is 38.8 Å². The molecule has 0 heterocycles. The fourth-order valence-corrected chi connectivity index (χ4v) is 6.24. The summed E-state index contributed by atoms with van der Waals surface area (Å²) in [6.07, 6.45) is 2.79. The number of aliphatic carboxylic acids is 2. The quantitative estimate of drug-likeness (QED) is 0.312. The van der Waals surface area contributed by atoms with Gasteiger partial charge in [0, 0.05) is 22.9 Å². The molecule has 0 fully saturated rings. The third kappa shape index (κ3) is 9.77. The van der Waals surface area contributed by atoms with Crippen LogP contribution in [-0.2, 0) is 18.6 Å². The average molecular weight is 450 g/mol. The van der Waals surface area contributed by atoms with E-state index in [1.54, 1.807) is 0 Å². The molecule has 0 aliphatic carbocycles. The standard InChI is InChI=1S/C22H28O6P2/c23-21(24)13-17-29(19-9-3-1-4-10-19)27-15-7-8-16-28-30(18-14-22(25)26)20-11-5-2-6-12-20/h1-6,9-12H,7-8,13-18H2,(H,23,24)(H,25,26). The Labute approximate surface area is 179 Å². The lowest BCUT2D eigenvalue weighted by Crippen LogP contribution is -2.10. The SMILES string of the molecule is O=C(O)CCP(OCCCCOP(CCC(=O)O)c1ccccc1)c1ccccc1. The maximum atomic E-state index is 10.9. The lowest BCUT2D eigenvalue weighted by Gasteiger charge is -2.19. The van der Waals surface area contributed by atoms with Gasteiger partial charge in [-0.15, -0.1) is 0 Å². The van der Waals surface area contributed by atoms with Gasteiger partial charge in [-0.05, 0) is 12.8 Å². The van der Waals surface area contributed by atoms with Crippen LogP contribution < -0.4 is 10.6 Å². The van der Waals surface area contributed by atoms with Gasteiger partial charge in [-0.2, -0.15) is 0 Å². The van der Waals surface area contributed by atoms with E-state index in [-0.39, 0.29) is 12.8 Å². The summed E-state index contributed by atoms with van der Waals surface area (Å²) in [5.41, 5.74) is 0. The van der Waals surface area contributed by atoms with Crippen LogP contribution in [0.3, 0.4) is 0 Å². The molecule has 2 aromatic rings. The van der Waals surface area contributed by atoms with Gasteiger partial charge in [0.2, 0.25) is 0 Å². The van der Waals surface area contributed by atoms with Crippen LogP contribution >= 0.6 is 16.3 Å². The number of carboxylic acids is 2. The van der Waals surface area contributed by atoms with Gasteiger partial charge in [-0.3, -0.25) is 9.59 Å². The molecule has 2 rings (SSSR count). The summed E-state index contributed by atoms with van der Waals surface area (Å²) in [6.45, 7) is 1.09. The zero-order valence-electron chi connectivity index (χ0n) is 16.9. The van der Waals surface area contributed by atoms with Crippen LogP contribution in [0.1, 0.15) is 25.7 Å². The van der Waals surface area contributed by atoms with Crippen molar-refractivity contribution in [1.82, 2.24) is 0 Å². The monoisotopic (exact) mass is 450 g/mol. The highest BCUT2D eigenvalue weighted by Gasteiger charge is 2.15. The summed E-state index contributed by atoms with van der Waals surface area (Å²) >= 11 is 0. The minimum atomic E-state index is -0.954. The van der Waals surface area contributed by atoms with E-state index in [9.17, 15) is 9.59 Å². The molecule has 0 saturated heterocycles. The largest absolute Gasteiger partial charge is 0.481 e. The Balaban J connectivity index is 1.76. The summed E-state index contributed by atoms with van der Waals surface area (Å²) in [6, 6.07) is 19.5. The van der Waals surface area contributed by atoms with Crippen molar-refractivity contribution in [2.24, 2.45) is 0 Å². The minimum absolute atomic E-state index is 0.0919. The second-order valence-electron chi connectivity index (χ2n) is 6.54. The van der Waals surface area contributed by atoms with Crippen LogP contribution in [0.5, 0.6) is 0 Å². The van der Waals surface area contributed by atoms with Crippen LogP contribution in [0.4, 0.5) is 0 Å². The first-order chi connectivity index (χ1) is 14.6. The first-order valence-corrected chi connectivity index (χ1v) is 12.8. The molecule has 30 heavy (non-hydrogen) atoms. The Bertz CT molecular complexity index is 691. The van der Waals surface area contributed by atoms with Crippen LogP contribution in [0.25, 0.3) is 0 Å². The van der Waals surface area contributed by atoms with Crippen LogP contribution in [0.15, 0.2) is 60.7 Å². The lowest BCUT2D eigenvalue weighted by atomic mass is 10.3. The van der Waals surface area contributed by atoms with Gasteiger partial charge in [-0.1, -0.05) is 60.7 Å².